The van der Waals surface area contributed by atoms with Gasteiger partial charge in [-0.2, -0.15) is 0 Å². The number of aromatic nitrogens is 2. The fourth-order valence-corrected chi connectivity index (χ4v) is 3.04. The van der Waals surface area contributed by atoms with E-state index in [4.69, 9.17) is 5.73 Å². The van der Waals surface area contributed by atoms with Gasteiger partial charge in [0.25, 0.3) is 0 Å². The smallest absolute Gasteiger partial charge is 0.165 e. The molecule has 0 amide bonds. The van der Waals surface area contributed by atoms with Gasteiger partial charge in [0.05, 0.1) is 11.1 Å². The molecule has 5 nitrogen and oxygen atoms in total. The zero-order valence-electron chi connectivity index (χ0n) is 14.8. The second-order valence-electron chi connectivity index (χ2n) is 6.15. The molecule has 0 aliphatic carbocycles. The number of nitrogens with two attached hydrogens (primary N) is 1. The Bertz CT molecular complexity index is 894. The van der Waals surface area contributed by atoms with Gasteiger partial charge in [-0.15, -0.1) is 0 Å². The molecule has 26 heavy (non-hydrogen) atoms. The first kappa shape index (κ1) is 18.1. The molecular formula is C20H23FN4O. The molecule has 4 rings (SSSR count). The molecule has 0 bridgehead atoms. The van der Waals surface area contributed by atoms with Crippen LogP contribution in [0.3, 0.4) is 0 Å². The number of nitrogens with zero attached hydrogens (tertiary/aromatic N) is 3. The summed E-state index contributed by atoms with van der Waals surface area (Å²) >= 11 is 0. The zero-order valence-corrected chi connectivity index (χ0v) is 14.8. The Hall–Kier alpha value is -2.73. The molecular weight excluding hydrogens is 331 g/mol. The number of aromatic hydroxyl groups is 1. The first-order valence-corrected chi connectivity index (χ1v) is 8.84. The first-order chi connectivity index (χ1) is 12.6. The van der Waals surface area contributed by atoms with Crippen LogP contribution < -0.4 is 10.6 Å². The number of anilines is 1. The Kier molecular flexibility index (Phi) is 5.63. The highest BCUT2D eigenvalue weighted by Crippen LogP contribution is 2.32. The van der Waals surface area contributed by atoms with Gasteiger partial charge in [0.15, 0.2) is 5.82 Å². The van der Waals surface area contributed by atoms with Crippen molar-refractivity contribution >= 4 is 16.7 Å². The summed E-state index contributed by atoms with van der Waals surface area (Å²) in [7, 11) is 0. The number of fused-ring (bicyclic) bond motifs is 1. The van der Waals surface area contributed by atoms with Crippen LogP contribution in [0.1, 0.15) is 19.8 Å². The predicted octanol–water partition coefficient (Wildman–Crippen LogP) is 3.71. The van der Waals surface area contributed by atoms with E-state index in [-0.39, 0.29) is 11.6 Å². The molecule has 6 heteroatoms. The van der Waals surface area contributed by atoms with Crippen molar-refractivity contribution in [2.75, 3.05) is 24.5 Å². The molecule has 0 spiro atoms. The number of phenolic OH excluding ortho intramolecular Hbond substituents is 1. The Morgan fingerprint density at radius 3 is 2.50 bits per heavy atom. The average molecular weight is 354 g/mol. The van der Waals surface area contributed by atoms with E-state index < -0.39 is 0 Å². The molecule has 2 heterocycles. The summed E-state index contributed by atoms with van der Waals surface area (Å²) in [6.07, 6.45) is 2.21. The normalized spacial score (nSPS) is 13.6. The monoisotopic (exact) mass is 354 g/mol. The molecule has 1 aliphatic heterocycles. The standard InChI is InChI=1S/C18H16FN3O.C2H7N/c19-12-7-8-15-14(11-12)18(22-9-3-4-10-22)21-17(20-15)13-5-1-2-6-16(13)23;1-2-3/h1-2,5-8,11,23H,3-4,9-10H2;2-3H2,1H3. The molecule has 0 radical (unpaired) electrons. The SMILES string of the molecule is CCN.Oc1ccccc1-c1nc(N2CCCC2)c2cc(F)ccc2n1. The largest absolute Gasteiger partial charge is 0.507 e. The summed E-state index contributed by atoms with van der Waals surface area (Å²) in [4.78, 5) is 11.3. The number of rotatable bonds is 2. The molecule has 136 valence electrons. The summed E-state index contributed by atoms with van der Waals surface area (Å²) in [6.45, 7) is 4.46. The Balaban J connectivity index is 0.000000613. The number of phenols is 1. The highest BCUT2D eigenvalue weighted by atomic mass is 19.1. The van der Waals surface area contributed by atoms with E-state index in [2.05, 4.69) is 14.9 Å². The maximum atomic E-state index is 13.7. The van der Waals surface area contributed by atoms with E-state index >= 15 is 0 Å². The highest BCUT2D eigenvalue weighted by Gasteiger charge is 2.19. The minimum Gasteiger partial charge on any atom is -0.507 e. The third-order valence-electron chi connectivity index (χ3n) is 4.19. The van der Waals surface area contributed by atoms with E-state index in [1.54, 1.807) is 24.3 Å². The Morgan fingerprint density at radius 2 is 1.81 bits per heavy atom. The molecule has 1 fully saturated rings. The van der Waals surface area contributed by atoms with Crippen LogP contribution in [0.5, 0.6) is 5.75 Å². The summed E-state index contributed by atoms with van der Waals surface area (Å²) in [6, 6.07) is 11.5. The van der Waals surface area contributed by atoms with Gasteiger partial charge in [-0.25, -0.2) is 14.4 Å². The predicted molar refractivity (Wildman–Crippen MR) is 103 cm³/mol. The molecule has 1 aliphatic rings. The van der Waals surface area contributed by atoms with Gasteiger partial charge in [-0.1, -0.05) is 19.1 Å². The fourth-order valence-electron chi connectivity index (χ4n) is 3.04. The van der Waals surface area contributed by atoms with E-state index in [1.165, 1.54) is 12.1 Å². The van der Waals surface area contributed by atoms with Gasteiger partial charge < -0.3 is 15.7 Å². The van der Waals surface area contributed by atoms with Crippen molar-refractivity contribution in [2.45, 2.75) is 19.8 Å². The maximum absolute atomic E-state index is 13.7. The summed E-state index contributed by atoms with van der Waals surface area (Å²) in [5, 5.41) is 10.8. The van der Waals surface area contributed by atoms with E-state index in [0.29, 0.717) is 22.3 Å². The number of benzene rings is 2. The topological polar surface area (TPSA) is 75.3 Å². The fraction of sp³-hybridized carbons (Fsp3) is 0.300. The van der Waals surface area contributed by atoms with Gasteiger partial charge in [0, 0.05) is 18.5 Å². The van der Waals surface area contributed by atoms with Crippen molar-refractivity contribution in [3.8, 4) is 17.1 Å². The lowest BCUT2D eigenvalue weighted by Gasteiger charge is -2.19. The number of para-hydroxylation sites is 1. The van der Waals surface area contributed by atoms with E-state index in [0.717, 1.165) is 38.3 Å². The van der Waals surface area contributed by atoms with Crippen molar-refractivity contribution in [3.05, 3.63) is 48.3 Å². The van der Waals surface area contributed by atoms with Crippen molar-refractivity contribution in [3.63, 3.8) is 0 Å². The molecule has 0 unspecified atom stereocenters. The minimum atomic E-state index is -0.295. The van der Waals surface area contributed by atoms with Crippen molar-refractivity contribution in [1.82, 2.24) is 9.97 Å². The summed E-state index contributed by atoms with van der Waals surface area (Å²) in [5.74, 6) is 1.05. The number of hydrogen-bond donors (Lipinski definition) is 2. The van der Waals surface area contributed by atoms with Crippen LogP contribution in [0.25, 0.3) is 22.3 Å². The van der Waals surface area contributed by atoms with Crippen LogP contribution in [0.4, 0.5) is 10.2 Å². The molecule has 0 atom stereocenters. The van der Waals surface area contributed by atoms with Crippen molar-refractivity contribution in [1.29, 1.82) is 0 Å². The van der Waals surface area contributed by atoms with E-state index in [1.807, 2.05) is 13.0 Å². The lowest BCUT2D eigenvalue weighted by Crippen LogP contribution is -2.20. The number of halogens is 1. The molecule has 1 aromatic heterocycles. The van der Waals surface area contributed by atoms with E-state index in [9.17, 15) is 9.50 Å². The van der Waals surface area contributed by atoms with Crippen molar-refractivity contribution in [2.24, 2.45) is 5.73 Å². The third kappa shape index (κ3) is 3.75. The molecule has 3 aromatic rings. The van der Waals surface area contributed by atoms with Gasteiger partial charge in [-0.05, 0) is 49.7 Å². The lowest BCUT2D eigenvalue weighted by atomic mass is 10.1. The summed E-state index contributed by atoms with van der Waals surface area (Å²) in [5.41, 5.74) is 6.11. The van der Waals surface area contributed by atoms with Crippen LogP contribution in [0.2, 0.25) is 0 Å². The lowest BCUT2D eigenvalue weighted by molar-refractivity contribution is 0.477. The molecule has 3 N–H and O–H groups in total. The summed E-state index contributed by atoms with van der Waals surface area (Å²) < 4.78 is 13.7. The number of hydrogen-bond acceptors (Lipinski definition) is 5. The van der Waals surface area contributed by atoms with Crippen LogP contribution in [-0.4, -0.2) is 34.7 Å². The first-order valence-electron chi connectivity index (χ1n) is 8.84. The molecule has 0 saturated carbocycles. The van der Waals surface area contributed by atoms with Crippen LogP contribution in [0, 0.1) is 5.82 Å². The van der Waals surface area contributed by atoms with Gasteiger partial charge in [0.2, 0.25) is 0 Å². The Morgan fingerprint density at radius 1 is 1.12 bits per heavy atom. The van der Waals surface area contributed by atoms with Gasteiger partial charge >= 0.3 is 0 Å². The highest BCUT2D eigenvalue weighted by molar-refractivity contribution is 5.91. The third-order valence-corrected chi connectivity index (χ3v) is 4.19. The molecule has 1 saturated heterocycles. The van der Waals surface area contributed by atoms with Gasteiger partial charge in [-0.3, -0.25) is 0 Å². The van der Waals surface area contributed by atoms with Crippen LogP contribution in [0.15, 0.2) is 42.5 Å². The maximum Gasteiger partial charge on any atom is 0.165 e. The minimum absolute atomic E-state index is 0.140. The Labute approximate surface area is 152 Å². The molecule has 2 aromatic carbocycles. The second kappa shape index (κ2) is 8.10. The van der Waals surface area contributed by atoms with Gasteiger partial charge in [0.1, 0.15) is 17.4 Å². The second-order valence-corrected chi connectivity index (χ2v) is 6.15. The zero-order chi connectivity index (χ0) is 18.5. The van der Waals surface area contributed by atoms with Crippen LogP contribution >= 0.6 is 0 Å². The average Bonchev–Trinajstić information content (AvgIpc) is 3.16. The van der Waals surface area contributed by atoms with Crippen molar-refractivity contribution < 1.29 is 9.50 Å². The quantitative estimate of drug-likeness (QED) is 0.734. The van der Waals surface area contributed by atoms with Crippen LogP contribution in [-0.2, 0) is 0 Å².